The van der Waals surface area contributed by atoms with Gasteiger partial charge in [-0.25, -0.2) is 0 Å². The highest BCUT2D eigenvalue weighted by molar-refractivity contribution is 7.45. The summed E-state index contributed by atoms with van der Waals surface area (Å²) in [6.07, 6.45) is 89.5. The first-order valence-electron chi connectivity index (χ1n) is 34.1. The normalized spacial score (nSPS) is 14.3. The Labute approximate surface area is 502 Å². The quantitative estimate of drug-likeness (QED) is 0.0272. The fourth-order valence-electron chi connectivity index (χ4n) is 9.74. The van der Waals surface area contributed by atoms with E-state index in [4.69, 9.17) is 9.05 Å². The number of allylic oxidation sites excluding steroid dienone is 15. The second-order valence-corrected chi connectivity index (χ2v) is 25.5. The Morgan fingerprint density at radius 3 is 1.15 bits per heavy atom. The average Bonchev–Trinajstić information content (AvgIpc) is 3.43. The van der Waals surface area contributed by atoms with Crippen LogP contribution in [0.1, 0.15) is 303 Å². The van der Waals surface area contributed by atoms with E-state index in [1.807, 2.05) is 27.2 Å². The number of phosphoric ester groups is 1. The lowest BCUT2D eigenvalue weighted by Gasteiger charge is -2.29. The number of nitrogens with one attached hydrogen (secondary N) is 1. The molecule has 470 valence electrons. The first kappa shape index (κ1) is 78.4. The van der Waals surface area contributed by atoms with Crippen molar-refractivity contribution in [3.63, 3.8) is 0 Å². The van der Waals surface area contributed by atoms with Crippen LogP contribution in [0, 0.1) is 0 Å². The average molecular weight is 1150 g/mol. The third kappa shape index (κ3) is 64.8. The second kappa shape index (κ2) is 62.0. The number of likely N-dealkylation sites (N-methyl/N-ethyl adjacent to an activating group) is 1. The van der Waals surface area contributed by atoms with Gasteiger partial charge in [-0.3, -0.25) is 9.36 Å². The Morgan fingerprint density at radius 1 is 0.444 bits per heavy atom. The summed E-state index contributed by atoms with van der Waals surface area (Å²) in [5.74, 6) is -0.210. The van der Waals surface area contributed by atoms with Crippen molar-refractivity contribution in [1.82, 2.24) is 5.32 Å². The highest BCUT2D eigenvalue weighted by atomic mass is 31.2. The number of carbonyl (C=O) groups is 1. The standard InChI is InChI=1S/C72H131N2O6P/c1-6-8-10-12-14-16-18-20-22-24-26-28-30-32-34-35-36-37-38-39-40-42-44-46-48-50-52-54-56-58-60-62-64-66-72(76)73-70(69-80-81(77,78)79-68-67-74(3,4)5)71(75)65-63-61-59-57-55-53-51-49-47-45-43-41-33-31-29-27-25-23-21-19-17-15-13-11-9-7-2/h8,10,14,16,20,22,26,28,32,34,47,49,55,57,63,65,70-71,75H,6-7,9,11-13,15,17-19,21,23-25,27,29-31,33,35-46,48,50-54,56,58-62,64,66-69H2,1-5H3,(H-,73,76,77,78)/b10-8-,16-14-,22-20-,28-26-,34-32-,49-47+,57-55+,65-63+. The second-order valence-electron chi connectivity index (χ2n) is 24.1. The van der Waals surface area contributed by atoms with Gasteiger partial charge in [0.05, 0.1) is 39.9 Å². The summed E-state index contributed by atoms with van der Waals surface area (Å²) >= 11 is 0. The lowest BCUT2D eigenvalue weighted by atomic mass is 10.0. The summed E-state index contributed by atoms with van der Waals surface area (Å²) in [6, 6.07) is -0.916. The van der Waals surface area contributed by atoms with Crippen LogP contribution in [0.25, 0.3) is 0 Å². The predicted octanol–water partition coefficient (Wildman–Crippen LogP) is 21.1. The molecule has 0 spiro atoms. The summed E-state index contributed by atoms with van der Waals surface area (Å²) in [5, 5.41) is 13.9. The summed E-state index contributed by atoms with van der Waals surface area (Å²) in [6.45, 7) is 4.53. The van der Waals surface area contributed by atoms with E-state index < -0.39 is 26.6 Å². The molecule has 0 aliphatic heterocycles. The molecular weight excluding hydrogens is 1020 g/mol. The van der Waals surface area contributed by atoms with Crippen molar-refractivity contribution in [3.05, 3.63) is 97.2 Å². The van der Waals surface area contributed by atoms with Crippen molar-refractivity contribution in [1.29, 1.82) is 0 Å². The Morgan fingerprint density at radius 2 is 0.765 bits per heavy atom. The van der Waals surface area contributed by atoms with Crippen LogP contribution in [0.4, 0.5) is 0 Å². The van der Waals surface area contributed by atoms with E-state index in [1.165, 1.54) is 205 Å². The summed E-state index contributed by atoms with van der Waals surface area (Å²) in [4.78, 5) is 25.6. The lowest BCUT2D eigenvalue weighted by Crippen LogP contribution is -2.45. The molecule has 0 aliphatic rings. The number of aliphatic hydroxyl groups is 1. The lowest BCUT2D eigenvalue weighted by molar-refractivity contribution is -0.870. The van der Waals surface area contributed by atoms with Crippen molar-refractivity contribution in [2.45, 2.75) is 315 Å². The van der Waals surface area contributed by atoms with Crippen LogP contribution in [-0.2, 0) is 18.4 Å². The Hall–Kier alpha value is -2.58. The number of quaternary nitrogens is 1. The highest BCUT2D eigenvalue weighted by Crippen LogP contribution is 2.38. The van der Waals surface area contributed by atoms with Gasteiger partial charge in [0.2, 0.25) is 5.91 Å². The molecule has 0 saturated carbocycles. The first-order valence-corrected chi connectivity index (χ1v) is 35.6. The minimum Gasteiger partial charge on any atom is -0.756 e. The molecule has 9 heteroatoms. The fraction of sp³-hybridized carbons (Fsp3) is 0.764. The van der Waals surface area contributed by atoms with E-state index in [0.29, 0.717) is 17.4 Å². The van der Waals surface area contributed by atoms with Gasteiger partial charge in [-0.2, -0.15) is 0 Å². The van der Waals surface area contributed by atoms with Crippen LogP contribution >= 0.6 is 7.82 Å². The molecule has 0 aliphatic carbocycles. The minimum absolute atomic E-state index is 0.0115. The van der Waals surface area contributed by atoms with E-state index in [-0.39, 0.29) is 12.5 Å². The van der Waals surface area contributed by atoms with Crippen LogP contribution in [0.5, 0.6) is 0 Å². The highest BCUT2D eigenvalue weighted by Gasteiger charge is 2.23. The zero-order valence-electron chi connectivity index (χ0n) is 53.7. The minimum atomic E-state index is -4.62. The Bertz CT molecular complexity index is 1640. The predicted molar refractivity (Wildman–Crippen MR) is 353 cm³/mol. The number of hydrogen-bond donors (Lipinski definition) is 2. The third-order valence-corrected chi connectivity index (χ3v) is 16.0. The monoisotopic (exact) mass is 1150 g/mol. The fourth-order valence-corrected chi connectivity index (χ4v) is 10.5. The molecular formula is C72H131N2O6P. The van der Waals surface area contributed by atoms with Gasteiger partial charge in [-0.15, -0.1) is 0 Å². The maximum Gasteiger partial charge on any atom is 0.268 e. The smallest absolute Gasteiger partial charge is 0.268 e. The number of hydrogen-bond acceptors (Lipinski definition) is 6. The number of nitrogens with zero attached hydrogens (tertiary/aromatic N) is 1. The summed E-state index contributed by atoms with van der Waals surface area (Å²) in [7, 11) is 1.24. The van der Waals surface area contributed by atoms with Crippen LogP contribution in [-0.4, -0.2) is 68.5 Å². The molecule has 0 fully saturated rings. The Kier molecular flexibility index (Phi) is 60.0. The number of phosphoric acid groups is 1. The van der Waals surface area contributed by atoms with Crippen molar-refractivity contribution >= 4 is 13.7 Å². The van der Waals surface area contributed by atoms with Gasteiger partial charge < -0.3 is 28.8 Å². The molecule has 0 aromatic rings. The van der Waals surface area contributed by atoms with Gasteiger partial charge in [0.15, 0.2) is 0 Å². The molecule has 2 N–H and O–H groups in total. The molecule has 1 amide bonds. The molecule has 0 saturated heterocycles. The van der Waals surface area contributed by atoms with Crippen LogP contribution in [0.3, 0.4) is 0 Å². The van der Waals surface area contributed by atoms with E-state index in [2.05, 4.69) is 104 Å². The van der Waals surface area contributed by atoms with Crippen molar-refractivity contribution in [2.75, 3.05) is 40.9 Å². The Balaban J connectivity index is 4.14. The van der Waals surface area contributed by atoms with Crippen molar-refractivity contribution in [3.8, 4) is 0 Å². The van der Waals surface area contributed by atoms with Gasteiger partial charge in [-0.05, 0) is 89.9 Å². The third-order valence-electron chi connectivity index (χ3n) is 15.0. The molecule has 0 heterocycles. The van der Waals surface area contributed by atoms with Gasteiger partial charge in [-0.1, -0.05) is 304 Å². The van der Waals surface area contributed by atoms with Gasteiger partial charge >= 0.3 is 0 Å². The largest absolute Gasteiger partial charge is 0.756 e. The first-order chi connectivity index (χ1) is 39.5. The maximum absolute atomic E-state index is 13.0. The van der Waals surface area contributed by atoms with Gasteiger partial charge in [0.1, 0.15) is 13.2 Å². The summed E-state index contributed by atoms with van der Waals surface area (Å²) < 4.78 is 23.4. The maximum atomic E-state index is 13.0. The molecule has 3 atom stereocenters. The van der Waals surface area contributed by atoms with E-state index in [1.54, 1.807) is 6.08 Å². The van der Waals surface area contributed by atoms with Crippen LogP contribution < -0.4 is 10.2 Å². The van der Waals surface area contributed by atoms with Crippen LogP contribution in [0.2, 0.25) is 0 Å². The molecule has 0 bridgehead atoms. The van der Waals surface area contributed by atoms with Gasteiger partial charge in [0, 0.05) is 6.42 Å². The van der Waals surface area contributed by atoms with E-state index in [0.717, 1.165) is 77.0 Å². The summed E-state index contributed by atoms with van der Waals surface area (Å²) in [5.41, 5.74) is 0. The number of aliphatic hydroxyl groups excluding tert-OH is 1. The number of unbranched alkanes of at least 4 members (excludes halogenated alkanes) is 35. The topological polar surface area (TPSA) is 108 Å². The van der Waals surface area contributed by atoms with Crippen molar-refractivity contribution < 1.29 is 32.9 Å². The number of amides is 1. The molecule has 81 heavy (non-hydrogen) atoms. The number of carbonyl (C=O) groups excluding carboxylic acids is 1. The molecule has 0 rings (SSSR count). The van der Waals surface area contributed by atoms with Crippen molar-refractivity contribution in [2.24, 2.45) is 0 Å². The zero-order valence-corrected chi connectivity index (χ0v) is 54.6. The molecule has 0 aromatic carbocycles. The molecule has 3 unspecified atom stereocenters. The van der Waals surface area contributed by atoms with Crippen LogP contribution in [0.15, 0.2) is 97.2 Å². The zero-order chi connectivity index (χ0) is 59.1. The molecule has 8 nitrogen and oxygen atoms in total. The molecule has 0 radical (unpaired) electrons. The van der Waals surface area contributed by atoms with E-state index in [9.17, 15) is 19.4 Å². The molecule has 0 aromatic heterocycles. The number of rotatable bonds is 62. The van der Waals surface area contributed by atoms with E-state index >= 15 is 0 Å². The van der Waals surface area contributed by atoms with Gasteiger partial charge in [0.25, 0.3) is 7.82 Å². The SMILES string of the molecule is CC/C=C\C/C=C\C/C=C\C/C=C\C/C=C\CCCCCCCCCCCCCCCCCCCC(=O)NC(COP(=O)([O-])OCC[N+](C)(C)C)C(O)/C=C/CC/C=C/CC/C=C/CCCCCCCCCCCCCCCCCC.